The minimum atomic E-state index is -0.307. The van der Waals surface area contributed by atoms with Crippen molar-refractivity contribution in [1.82, 2.24) is 0 Å². The van der Waals surface area contributed by atoms with Crippen LogP contribution in [0.1, 0.15) is 13.3 Å². The first-order valence-electron chi connectivity index (χ1n) is 8.98. The number of rotatable bonds is 21. The van der Waals surface area contributed by atoms with Crippen LogP contribution in [-0.2, 0) is 38.0 Å². The molecule has 26 heavy (non-hydrogen) atoms. The number of carbonyl (C=O) groups excluding carboxylic acids is 1. The Morgan fingerprint density at radius 2 is 0.885 bits per heavy atom. The van der Waals surface area contributed by atoms with E-state index in [1.54, 1.807) is 0 Å². The Labute approximate surface area is 155 Å². The predicted octanol–water partition coefficient (Wildman–Crippen LogP) is 0.0315. The summed E-state index contributed by atoms with van der Waals surface area (Å²) in [5.41, 5.74) is 0. The Hall–Kier alpha value is -0.810. The number of esters is 1. The molecule has 0 radical (unpaired) electrons. The summed E-state index contributed by atoms with van der Waals surface area (Å²) >= 11 is 0. The number of aliphatic hydroxyl groups excluding tert-OH is 1. The number of hydrogen-bond acceptors (Lipinski definition) is 9. The zero-order valence-electron chi connectivity index (χ0n) is 15.8. The van der Waals surface area contributed by atoms with Gasteiger partial charge < -0.3 is 38.3 Å². The van der Waals surface area contributed by atoms with Gasteiger partial charge in [0.05, 0.1) is 72.7 Å². The third-order valence-electron chi connectivity index (χ3n) is 2.84. The third kappa shape index (κ3) is 23.2. The summed E-state index contributed by atoms with van der Waals surface area (Å²) in [5, 5.41) is 8.57. The number of ether oxygens (including phenoxy) is 7. The molecule has 0 spiro atoms. The standard InChI is InChI=1S/C17H34O9/c1-17(19)26-16-15-25-14-13-24-12-11-23-10-9-22-8-7-21-6-5-20-4-2-3-18/h18H,2-16H2,1H3. The van der Waals surface area contributed by atoms with Crippen molar-refractivity contribution in [3.63, 3.8) is 0 Å². The molecule has 156 valence electrons. The molecular weight excluding hydrogens is 348 g/mol. The van der Waals surface area contributed by atoms with Crippen molar-refractivity contribution < 1.29 is 43.1 Å². The molecule has 0 bridgehead atoms. The lowest BCUT2D eigenvalue weighted by atomic mass is 10.5. The van der Waals surface area contributed by atoms with Crippen molar-refractivity contribution in [3.8, 4) is 0 Å². The molecule has 9 heteroatoms. The molecule has 9 nitrogen and oxygen atoms in total. The highest BCUT2D eigenvalue weighted by atomic mass is 16.6. The SMILES string of the molecule is CC(=O)OCCOCCOCCOCCOCCOCCOCCCO. The van der Waals surface area contributed by atoms with Crippen molar-refractivity contribution in [2.45, 2.75) is 13.3 Å². The summed E-state index contributed by atoms with van der Waals surface area (Å²) < 4.78 is 36.5. The molecule has 0 saturated carbocycles. The van der Waals surface area contributed by atoms with E-state index in [-0.39, 0.29) is 19.2 Å². The number of hydrogen-bond donors (Lipinski definition) is 1. The second-order valence-corrected chi connectivity index (χ2v) is 5.09. The van der Waals surface area contributed by atoms with E-state index in [4.69, 9.17) is 38.3 Å². The lowest BCUT2D eigenvalue weighted by Crippen LogP contribution is -2.14. The largest absolute Gasteiger partial charge is 0.463 e. The topological polar surface area (TPSA) is 102 Å². The molecule has 0 unspecified atom stereocenters. The fraction of sp³-hybridized carbons (Fsp3) is 0.941. The lowest BCUT2D eigenvalue weighted by molar-refractivity contribution is -0.142. The van der Waals surface area contributed by atoms with Crippen molar-refractivity contribution in [2.24, 2.45) is 0 Å². The van der Waals surface area contributed by atoms with Gasteiger partial charge in [-0.15, -0.1) is 0 Å². The predicted molar refractivity (Wildman–Crippen MR) is 93.2 cm³/mol. The van der Waals surface area contributed by atoms with Crippen molar-refractivity contribution in [3.05, 3.63) is 0 Å². The third-order valence-corrected chi connectivity index (χ3v) is 2.84. The zero-order chi connectivity index (χ0) is 19.1. The van der Waals surface area contributed by atoms with Crippen LogP contribution in [0, 0.1) is 0 Å². The average molecular weight is 382 g/mol. The Morgan fingerprint density at radius 3 is 1.19 bits per heavy atom. The smallest absolute Gasteiger partial charge is 0.302 e. The molecule has 0 aromatic carbocycles. The van der Waals surface area contributed by atoms with Crippen molar-refractivity contribution in [2.75, 3.05) is 92.5 Å². The first-order chi connectivity index (χ1) is 12.8. The highest BCUT2D eigenvalue weighted by molar-refractivity contribution is 5.65. The monoisotopic (exact) mass is 382 g/mol. The van der Waals surface area contributed by atoms with Gasteiger partial charge in [-0.05, 0) is 6.42 Å². The van der Waals surface area contributed by atoms with E-state index in [1.807, 2.05) is 0 Å². The van der Waals surface area contributed by atoms with Gasteiger partial charge in [0.1, 0.15) is 6.61 Å². The van der Waals surface area contributed by atoms with Gasteiger partial charge in [-0.25, -0.2) is 0 Å². The molecule has 0 heterocycles. The van der Waals surface area contributed by atoms with Crippen LogP contribution in [0.2, 0.25) is 0 Å². The fourth-order valence-corrected chi connectivity index (χ4v) is 1.61. The van der Waals surface area contributed by atoms with Crippen molar-refractivity contribution in [1.29, 1.82) is 0 Å². The highest BCUT2D eigenvalue weighted by Gasteiger charge is 1.95. The summed E-state index contributed by atoms with van der Waals surface area (Å²) in [6.45, 7) is 7.73. The highest BCUT2D eigenvalue weighted by Crippen LogP contribution is 1.86. The second kappa shape index (κ2) is 22.2. The van der Waals surface area contributed by atoms with E-state index in [2.05, 4.69) is 0 Å². The molecule has 1 N–H and O–H groups in total. The molecule has 0 rings (SSSR count). The Kier molecular flexibility index (Phi) is 21.5. The molecule has 0 atom stereocenters. The van der Waals surface area contributed by atoms with Crippen LogP contribution in [0.15, 0.2) is 0 Å². The first-order valence-corrected chi connectivity index (χ1v) is 8.98. The van der Waals surface area contributed by atoms with Crippen molar-refractivity contribution >= 4 is 5.97 Å². The number of aliphatic hydroxyl groups is 1. The van der Waals surface area contributed by atoms with Crippen LogP contribution in [-0.4, -0.2) is 104 Å². The molecule has 0 fully saturated rings. The van der Waals surface area contributed by atoms with Crippen LogP contribution in [0.4, 0.5) is 0 Å². The molecule has 0 aliphatic rings. The van der Waals surface area contributed by atoms with Gasteiger partial charge in [0.15, 0.2) is 0 Å². The van der Waals surface area contributed by atoms with Gasteiger partial charge in [-0.3, -0.25) is 4.79 Å². The van der Waals surface area contributed by atoms with Gasteiger partial charge in [0.2, 0.25) is 0 Å². The van der Waals surface area contributed by atoms with E-state index in [1.165, 1.54) is 6.92 Å². The van der Waals surface area contributed by atoms with Gasteiger partial charge in [0, 0.05) is 20.1 Å². The normalized spacial score (nSPS) is 11.0. The van der Waals surface area contributed by atoms with Gasteiger partial charge in [0.25, 0.3) is 0 Å². The number of carbonyl (C=O) groups is 1. The Balaban J connectivity index is 2.98. The summed E-state index contributed by atoms with van der Waals surface area (Å²) in [7, 11) is 0. The van der Waals surface area contributed by atoms with E-state index in [0.29, 0.717) is 85.7 Å². The summed E-state index contributed by atoms with van der Waals surface area (Å²) in [6, 6.07) is 0. The van der Waals surface area contributed by atoms with E-state index >= 15 is 0 Å². The van der Waals surface area contributed by atoms with Crippen LogP contribution in [0.5, 0.6) is 0 Å². The molecule has 0 aliphatic carbocycles. The zero-order valence-corrected chi connectivity index (χ0v) is 15.8. The summed E-state index contributed by atoms with van der Waals surface area (Å²) in [4.78, 5) is 10.5. The molecular formula is C17H34O9. The molecule has 0 saturated heterocycles. The van der Waals surface area contributed by atoms with Gasteiger partial charge in [-0.2, -0.15) is 0 Å². The molecule has 0 aromatic rings. The maximum Gasteiger partial charge on any atom is 0.302 e. The second-order valence-electron chi connectivity index (χ2n) is 5.09. The van der Waals surface area contributed by atoms with Crippen LogP contribution < -0.4 is 0 Å². The van der Waals surface area contributed by atoms with Crippen LogP contribution >= 0.6 is 0 Å². The van der Waals surface area contributed by atoms with E-state index in [9.17, 15) is 4.79 Å². The van der Waals surface area contributed by atoms with E-state index < -0.39 is 0 Å². The Morgan fingerprint density at radius 1 is 0.577 bits per heavy atom. The first kappa shape index (κ1) is 25.2. The lowest BCUT2D eigenvalue weighted by Gasteiger charge is -2.08. The average Bonchev–Trinajstić information content (AvgIpc) is 2.62. The maximum absolute atomic E-state index is 10.5. The van der Waals surface area contributed by atoms with Gasteiger partial charge >= 0.3 is 5.97 Å². The Bertz CT molecular complexity index is 289. The summed E-state index contributed by atoms with van der Waals surface area (Å²) in [6.07, 6.45) is 0.652. The minimum absolute atomic E-state index is 0.149. The van der Waals surface area contributed by atoms with Gasteiger partial charge in [-0.1, -0.05) is 0 Å². The summed E-state index contributed by atoms with van der Waals surface area (Å²) in [5.74, 6) is -0.307. The quantitative estimate of drug-likeness (QED) is 0.218. The molecule has 0 aliphatic heterocycles. The molecule has 0 amide bonds. The molecule has 0 aromatic heterocycles. The van der Waals surface area contributed by atoms with Crippen LogP contribution in [0.3, 0.4) is 0 Å². The maximum atomic E-state index is 10.5. The fourth-order valence-electron chi connectivity index (χ4n) is 1.61. The minimum Gasteiger partial charge on any atom is -0.463 e. The van der Waals surface area contributed by atoms with Crippen LogP contribution in [0.25, 0.3) is 0 Å². The van der Waals surface area contributed by atoms with E-state index in [0.717, 1.165) is 0 Å².